The average Bonchev–Trinajstić information content (AvgIpc) is 2.40. The number of hydrogen-bond donors (Lipinski definition) is 0. The Hall–Kier alpha value is -1.91. The third-order valence-corrected chi connectivity index (χ3v) is 2.40. The van der Waals surface area contributed by atoms with Gasteiger partial charge in [0.25, 0.3) is 0 Å². The lowest BCUT2D eigenvalue weighted by atomic mass is 10.2. The Bertz CT molecular complexity index is 431. The molecule has 19 heavy (non-hydrogen) atoms. The van der Waals surface area contributed by atoms with E-state index in [4.69, 9.17) is 4.74 Å². The molecule has 0 heterocycles. The van der Waals surface area contributed by atoms with E-state index in [9.17, 15) is 14.0 Å². The quantitative estimate of drug-likeness (QED) is 0.413. The molecule has 4 nitrogen and oxygen atoms in total. The van der Waals surface area contributed by atoms with Crippen LogP contribution in [-0.4, -0.2) is 25.0 Å². The molecule has 1 aromatic carbocycles. The van der Waals surface area contributed by atoms with Crippen LogP contribution in [0.2, 0.25) is 0 Å². The van der Waals surface area contributed by atoms with Gasteiger partial charge in [0, 0.05) is 6.42 Å². The standard InChI is InChI=1S/C14H17FO4/c1-2-18-14(17)12(16)8-5-6-10-19-13-9-4-3-7-11(13)15/h3-4,7,9H,2,5-6,8,10H2,1H3. The van der Waals surface area contributed by atoms with E-state index in [0.29, 0.717) is 19.4 Å². The number of ketones is 1. The fourth-order valence-electron chi connectivity index (χ4n) is 1.45. The molecule has 5 heteroatoms. The van der Waals surface area contributed by atoms with E-state index in [0.717, 1.165) is 0 Å². The maximum absolute atomic E-state index is 13.2. The van der Waals surface area contributed by atoms with Crippen LogP contribution in [0.3, 0.4) is 0 Å². The second-order valence-electron chi connectivity index (χ2n) is 3.88. The molecule has 0 aromatic heterocycles. The summed E-state index contributed by atoms with van der Waals surface area (Å²) in [6, 6.07) is 6.13. The molecule has 0 atom stereocenters. The third-order valence-electron chi connectivity index (χ3n) is 2.40. The Labute approximate surface area is 111 Å². The summed E-state index contributed by atoms with van der Waals surface area (Å²) in [4.78, 5) is 22.3. The molecule has 0 bridgehead atoms. The number of carbonyl (C=O) groups excluding carboxylic acids is 2. The van der Waals surface area contributed by atoms with Crippen LogP contribution in [0.25, 0.3) is 0 Å². The van der Waals surface area contributed by atoms with Crippen LogP contribution in [-0.2, 0) is 14.3 Å². The van der Waals surface area contributed by atoms with Crippen molar-refractivity contribution in [3.8, 4) is 5.75 Å². The molecule has 104 valence electrons. The Morgan fingerprint density at radius 3 is 2.63 bits per heavy atom. The normalized spacial score (nSPS) is 10.0. The predicted molar refractivity (Wildman–Crippen MR) is 67.4 cm³/mol. The van der Waals surface area contributed by atoms with E-state index in [1.807, 2.05) is 0 Å². The average molecular weight is 268 g/mol. The molecule has 0 aliphatic heterocycles. The number of benzene rings is 1. The zero-order valence-corrected chi connectivity index (χ0v) is 10.9. The monoisotopic (exact) mass is 268 g/mol. The lowest BCUT2D eigenvalue weighted by molar-refractivity contribution is -0.153. The van der Waals surface area contributed by atoms with Crippen LogP contribution in [0, 0.1) is 5.82 Å². The smallest absolute Gasteiger partial charge is 0.374 e. The molecule has 0 N–H and O–H groups in total. The van der Waals surface area contributed by atoms with Crippen molar-refractivity contribution in [2.24, 2.45) is 0 Å². The van der Waals surface area contributed by atoms with Gasteiger partial charge in [0.2, 0.25) is 5.78 Å². The van der Waals surface area contributed by atoms with E-state index in [1.165, 1.54) is 6.07 Å². The van der Waals surface area contributed by atoms with Gasteiger partial charge in [-0.2, -0.15) is 0 Å². The minimum absolute atomic E-state index is 0.124. The number of carbonyl (C=O) groups is 2. The maximum Gasteiger partial charge on any atom is 0.374 e. The number of rotatable bonds is 8. The van der Waals surface area contributed by atoms with E-state index in [2.05, 4.69) is 4.74 Å². The minimum atomic E-state index is -0.794. The summed E-state index contributed by atoms with van der Waals surface area (Å²) in [5.74, 6) is -1.55. The maximum atomic E-state index is 13.2. The summed E-state index contributed by atoms with van der Waals surface area (Å²) in [5.41, 5.74) is 0. The zero-order valence-electron chi connectivity index (χ0n) is 10.9. The highest BCUT2D eigenvalue weighted by atomic mass is 19.1. The van der Waals surface area contributed by atoms with Gasteiger partial charge in [-0.25, -0.2) is 9.18 Å². The molecule has 0 saturated heterocycles. The van der Waals surface area contributed by atoms with Crippen molar-refractivity contribution in [2.75, 3.05) is 13.2 Å². The molecular formula is C14H17FO4. The van der Waals surface area contributed by atoms with Crippen LogP contribution in [0.1, 0.15) is 26.2 Å². The first-order valence-corrected chi connectivity index (χ1v) is 6.22. The van der Waals surface area contributed by atoms with E-state index < -0.39 is 17.6 Å². The molecule has 0 unspecified atom stereocenters. The molecular weight excluding hydrogens is 251 g/mol. The van der Waals surface area contributed by atoms with Crippen LogP contribution < -0.4 is 4.74 Å². The summed E-state index contributed by atoms with van der Waals surface area (Å²) >= 11 is 0. The topological polar surface area (TPSA) is 52.6 Å². The second-order valence-corrected chi connectivity index (χ2v) is 3.88. The van der Waals surface area contributed by atoms with Crippen molar-refractivity contribution < 1.29 is 23.5 Å². The Balaban J connectivity index is 2.17. The molecule has 0 spiro atoms. The van der Waals surface area contributed by atoms with E-state index in [1.54, 1.807) is 25.1 Å². The fourth-order valence-corrected chi connectivity index (χ4v) is 1.45. The number of halogens is 1. The van der Waals surface area contributed by atoms with Crippen LogP contribution in [0.5, 0.6) is 5.75 Å². The minimum Gasteiger partial charge on any atom is -0.491 e. The van der Waals surface area contributed by atoms with Crippen molar-refractivity contribution in [3.05, 3.63) is 30.1 Å². The van der Waals surface area contributed by atoms with Gasteiger partial charge in [-0.1, -0.05) is 12.1 Å². The van der Waals surface area contributed by atoms with Crippen molar-refractivity contribution in [1.82, 2.24) is 0 Å². The Morgan fingerprint density at radius 2 is 1.95 bits per heavy atom. The summed E-state index contributed by atoms with van der Waals surface area (Å²) in [5, 5.41) is 0. The summed E-state index contributed by atoms with van der Waals surface area (Å²) in [6.07, 6.45) is 1.20. The first-order chi connectivity index (χ1) is 9.15. The molecule has 0 amide bonds. The number of ether oxygens (including phenoxy) is 2. The van der Waals surface area contributed by atoms with Gasteiger partial charge in [-0.05, 0) is 31.9 Å². The van der Waals surface area contributed by atoms with E-state index in [-0.39, 0.29) is 18.8 Å². The Morgan fingerprint density at radius 1 is 1.21 bits per heavy atom. The molecule has 1 aromatic rings. The van der Waals surface area contributed by atoms with Crippen molar-refractivity contribution in [2.45, 2.75) is 26.2 Å². The highest BCUT2D eigenvalue weighted by molar-refractivity contribution is 6.33. The lowest BCUT2D eigenvalue weighted by Gasteiger charge is -2.06. The second kappa shape index (κ2) is 8.24. The molecule has 0 aliphatic rings. The number of hydrogen-bond acceptors (Lipinski definition) is 4. The van der Waals surface area contributed by atoms with Gasteiger partial charge >= 0.3 is 5.97 Å². The van der Waals surface area contributed by atoms with Crippen LogP contribution in [0.4, 0.5) is 4.39 Å². The SMILES string of the molecule is CCOC(=O)C(=O)CCCCOc1ccccc1F. The number of unbranched alkanes of at least 4 members (excludes halogenated alkanes) is 1. The van der Waals surface area contributed by atoms with Gasteiger partial charge in [-0.3, -0.25) is 4.79 Å². The highest BCUT2D eigenvalue weighted by Gasteiger charge is 2.13. The van der Waals surface area contributed by atoms with Crippen molar-refractivity contribution in [3.63, 3.8) is 0 Å². The van der Waals surface area contributed by atoms with Crippen molar-refractivity contribution in [1.29, 1.82) is 0 Å². The van der Waals surface area contributed by atoms with Gasteiger partial charge in [0.1, 0.15) is 0 Å². The summed E-state index contributed by atoms with van der Waals surface area (Å²) < 4.78 is 23.0. The van der Waals surface area contributed by atoms with Crippen LogP contribution >= 0.6 is 0 Å². The molecule has 1 rings (SSSR count). The van der Waals surface area contributed by atoms with Gasteiger partial charge in [0.15, 0.2) is 11.6 Å². The number of para-hydroxylation sites is 1. The number of esters is 1. The summed E-state index contributed by atoms with van der Waals surface area (Å²) in [7, 11) is 0. The molecule has 0 fully saturated rings. The number of Topliss-reactive ketones (excluding diaryl/α,β-unsaturated/α-hetero) is 1. The molecule has 0 saturated carbocycles. The zero-order chi connectivity index (χ0) is 14.1. The largest absolute Gasteiger partial charge is 0.491 e. The van der Waals surface area contributed by atoms with Crippen LogP contribution in [0.15, 0.2) is 24.3 Å². The van der Waals surface area contributed by atoms with Gasteiger partial charge in [0.05, 0.1) is 13.2 Å². The van der Waals surface area contributed by atoms with Gasteiger partial charge in [-0.15, -0.1) is 0 Å². The molecule has 0 radical (unpaired) electrons. The first kappa shape index (κ1) is 15.1. The van der Waals surface area contributed by atoms with E-state index >= 15 is 0 Å². The van der Waals surface area contributed by atoms with Gasteiger partial charge < -0.3 is 9.47 Å². The van der Waals surface area contributed by atoms with Crippen molar-refractivity contribution >= 4 is 11.8 Å². The lowest BCUT2D eigenvalue weighted by Crippen LogP contribution is -2.17. The molecule has 0 aliphatic carbocycles. The predicted octanol–water partition coefficient (Wildman–Crippen LogP) is 2.51. The fraction of sp³-hybridized carbons (Fsp3) is 0.429. The Kier molecular flexibility index (Phi) is 6.57. The first-order valence-electron chi connectivity index (χ1n) is 6.22. The summed E-state index contributed by atoms with van der Waals surface area (Å²) in [6.45, 7) is 2.14. The third kappa shape index (κ3) is 5.50. The highest BCUT2D eigenvalue weighted by Crippen LogP contribution is 2.15.